The van der Waals surface area contributed by atoms with Crippen molar-refractivity contribution in [3.05, 3.63) is 89.5 Å². The lowest BCUT2D eigenvalue weighted by Gasteiger charge is -2.21. The number of halogens is 1. The van der Waals surface area contributed by atoms with Gasteiger partial charge in [0.05, 0.1) is 26.0 Å². The Labute approximate surface area is 172 Å². The highest BCUT2D eigenvalue weighted by molar-refractivity contribution is 5.26. The van der Waals surface area contributed by atoms with Gasteiger partial charge in [-0.1, -0.05) is 12.1 Å². The third-order valence-corrected chi connectivity index (χ3v) is 5.09. The highest BCUT2D eigenvalue weighted by Crippen LogP contribution is 2.11. The van der Waals surface area contributed by atoms with Crippen LogP contribution in [-0.4, -0.2) is 31.9 Å². The van der Waals surface area contributed by atoms with Gasteiger partial charge in [-0.2, -0.15) is 0 Å². The molecule has 0 saturated carbocycles. The first-order chi connectivity index (χ1) is 14.2. The molecule has 2 aromatic carbocycles. The van der Waals surface area contributed by atoms with Crippen LogP contribution in [0.1, 0.15) is 23.2 Å². The molecule has 3 rings (SSSR count). The molecule has 29 heavy (non-hydrogen) atoms. The van der Waals surface area contributed by atoms with Crippen molar-refractivity contribution in [2.75, 3.05) is 27.4 Å². The Hall–Kier alpha value is -2.63. The zero-order valence-corrected chi connectivity index (χ0v) is 17.2. The van der Waals surface area contributed by atoms with Crippen molar-refractivity contribution in [2.24, 2.45) is 0 Å². The average Bonchev–Trinajstić information content (AvgIpc) is 3.15. The molecule has 5 heteroatoms. The van der Waals surface area contributed by atoms with Crippen LogP contribution in [0.25, 0.3) is 0 Å². The number of hydrogen-bond acceptors (Lipinski definition) is 2. The Morgan fingerprint density at radius 3 is 2.48 bits per heavy atom. The van der Waals surface area contributed by atoms with Gasteiger partial charge in [0.1, 0.15) is 24.7 Å². The summed E-state index contributed by atoms with van der Waals surface area (Å²) in [6.07, 6.45) is 3.08. The Balaban J connectivity index is 1.70. The van der Waals surface area contributed by atoms with E-state index >= 15 is 0 Å². The van der Waals surface area contributed by atoms with Gasteiger partial charge in [0, 0.05) is 31.8 Å². The van der Waals surface area contributed by atoms with Crippen molar-refractivity contribution in [3.8, 4) is 5.75 Å². The Kier molecular flexibility index (Phi) is 7.85. The van der Waals surface area contributed by atoms with Crippen LogP contribution in [0.2, 0.25) is 0 Å². The molecule has 0 fully saturated rings. The number of ether oxygens (including phenoxy) is 2. The van der Waals surface area contributed by atoms with Gasteiger partial charge < -0.3 is 18.9 Å². The quantitative estimate of drug-likeness (QED) is 0.503. The van der Waals surface area contributed by atoms with Crippen LogP contribution in [0.15, 0.2) is 66.9 Å². The van der Waals surface area contributed by atoms with E-state index in [0.717, 1.165) is 44.0 Å². The fraction of sp³-hybridized carbons (Fsp3) is 0.333. The molecule has 0 radical (unpaired) electrons. The smallest absolute Gasteiger partial charge is 0.123 e. The number of methoxy groups -OCH3 is 2. The van der Waals surface area contributed by atoms with E-state index in [9.17, 15) is 4.39 Å². The molecule has 4 nitrogen and oxygen atoms in total. The molecule has 154 valence electrons. The normalized spacial score (nSPS) is 12.1. The first kappa shape index (κ1) is 21.1. The number of aromatic nitrogens is 1. The maximum Gasteiger partial charge on any atom is 0.123 e. The second kappa shape index (κ2) is 10.8. The lowest BCUT2D eigenvalue weighted by atomic mass is 10.2. The summed E-state index contributed by atoms with van der Waals surface area (Å²) in [6.45, 7) is 4.28. The SMILES string of the molecule is COCCC[NH+](Cc1ccc(OC)cc1)Cc1cccn1Cc1cccc(F)c1. The topological polar surface area (TPSA) is 27.8 Å². The van der Waals surface area contributed by atoms with Crippen LogP contribution in [0.4, 0.5) is 4.39 Å². The second-order valence-electron chi connectivity index (χ2n) is 7.31. The molecule has 0 aliphatic rings. The van der Waals surface area contributed by atoms with Crippen LogP contribution in [0.3, 0.4) is 0 Å². The van der Waals surface area contributed by atoms with Crippen molar-refractivity contribution in [3.63, 3.8) is 0 Å². The van der Waals surface area contributed by atoms with E-state index in [1.807, 2.05) is 18.2 Å². The molecule has 0 amide bonds. The fourth-order valence-corrected chi connectivity index (χ4v) is 3.59. The van der Waals surface area contributed by atoms with E-state index in [1.165, 1.54) is 22.2 Å². The molecular formula is C24H30FN2O2+. The molecule has 0 spiro atoms. The Morgan fingerprint density at radius 1 is 0.931 bits per heavy atom. The monoisotopic (exact) mass is 397 g/mol. The molecule has 0 aliphatic heterocycles. The molecule has 1 N–H and O–H groups in total. The van der Waals surface area contributed by atoms with Crippen LogP contribution >= 0.6 is 0 Å². The van der Waals surface area contributed by atoms with Gasteiger partial charge in [-0.3, -0.25) is 0 Å². The minimum Gasteiger partial charge on any atom is -0.497 e. The van der Waals surface area contributed by atoms with E-state index in [-0.39, 0.29) is 5.82 Å². The maximum atomic E-state index is 13.5. The van der Waals surface area contributed by atoms with Crippen LogP contribution in [-0.2, 0) is 24.4 Å². The molecule has 0 aliphatic carbocycles. The van der Waals surface area contributed by atoms with Gasteiger partial charge in [-0.05, 0) is 54.1 Å². The van der Waals surface area contributed by atoms with E-state index in [1.54, 1.807) is 26.4 Å². The zero-order valence-electron chi connectivity index (χ0n) is 17.2. The van der Waals surface area contributed by atoms with Gasteiger partial charge in [-0.25, -0.2) is 4.39 Å². The number of quaternary nitrogens is 1. The summed E-state index contributed by atoms with van der Waals surface area (Å²) in [5.74, 6) is 0.682. The number of hydrogen-bond donors (Lipinski definition) is 1. The Morgan fingerprint density at radius 2 is 1.76 bits per heavy atom. The molecule has 1 atom stereocenters. The number of benzene rings is 2. The van der Waals surface area contributed by atoms with E-state index in [0.29, 0.717) is 6.54 Å². The van der Waals surface area contributed by atoms with E-state index in [2.05, 4.69) is 35.0 Å². The van der Waals surface area contributed by atoms with Crippen molar-refractivity contribution in [1.29, 1.82) is 0 Å². The summed E-state index contributed by atoms with van der Waals surface area (Å²) in [7, 11) is 3.43. The summed E-state index contributed by atoms with van der Waals surface area (Å²) in [5.41, 5.74) is 3.50. The average molecular weight is 398 g/mol. The largest absolute Gasteiger partial charge is 0.497 e. The zero-order chi connectivity index (χ0) is 20.5. The van der Waals surface area contributed by atoms with Gasteiger partial charge in [0.15, 0.2) is 0 Å². The Bertz CT molecular complexity index is 877. The summed E-state index contributed by atoms with van der Waals surface area (Å²) in [6, 6.07) is 19.3. The van der Waals surface area contributed by atoms with Crippen LogP contribution in [0, 0.1) is 5.82 Å². The molecule has 1 aromatic heterocycles. The lowest BCUT2D eigenvalue weighted by molar-refractivity contribution is -0.928. The summed E-state index contributed by atoms with van der Waals surface area (Å²) >= 11 is 0. The standard InChI is InChI=1S/C24H29FN2O2/c1-28-15-5-13-26(17-20-9-11-24(29-2)12-10-20)19-23-8-4-14-27(23)18-21-6-3-7-22(25)16-21/h3-4,6-12,14,16H,5,13,15,17-19H2,1-2H3/p+1. The molecule has 0 saturated heterocycles. The highest BCUT2D eigenvalue weighted by atomic mass is 19.1. The minimum atomic E-state index is -0.192. The fourth-order valence-electron chi connectivity index (χ4n) is 3.59. The molecule has 1 heterocycles. The summed E-state index contributed by atoms with van der Waals surface area (Å²) in [5, 5.41) is 0. The first-order valence-electron chi connectivity index (χ1n) is 10.0. The lowest BCUT2D eigenvalue weighted by Crippen LogP contribution is -3.09. The summed E-state index contributed by atoms with van der Waals surface area (Å²) < 4.78 is 26.3. The molecule has 0 bridgehead atoms. The number of nitrogens with zero attached hydrogens (tertiary/aromatic N) is 1. The van der Waals surface area contributed by atoms with Gasteiger partial charge in [-0.15, -0.1) is 0 Å². The third-order valence-electron chi connectivity index (χ3n) is 5.09. The van der Waals surface area contributed by atoms with Crippen molar-refractivity contribution in [2.45, 2.75) is 26.1 Å². The molecular weight excluding hydrogens is 367 g/mol. The van der Waals surface area contributed by atoms with Gasteiger partial charge >= 0.3 is 0 Å². The van der Waals surface area contributed by atoms with E-state index < -0.39 is 0 Å². The highest BCUT2D eigenvalue weighted by Gasteiger charge is 2.14. The first-order valence-corrected chi connectivity index (χ1v) is 10.0. The van der Waals surface area contributed by atoms with Crippen molar-refractivity contribution in [1.82, 2.24) is 4.57 Å². The predicted molar refractivity (Wildman–Crippen MR) is 113 cm³/mol. The van der Waals surface area contributed by atoms with E-state index in [4.69, 9.17) is 9.47 Å². The minimum absolute atomic E-state index is 0.192. The van der Waals surface area contributed by atoms with Gasteiger partial charge in [0.25, 0.3) is 0 Å². The predicted octanol–water partition coefficient (Wildman–Crippen LogP) is 3.31. The summed E-state index contributed by atoms with van der Waals surface area (Å²) in [4.78, 5) is 1.46. The molecule has 3 aromatic rings. The second-order valence-corrected chi connectivity index (χ2v) is 7.31. The van der Waals surface area contributed by atoms with Gasteiger partial charge in [0.2, 0.25) is 0 Å². The number of rotatable bonds is 11. The third kappa shape index (κ3) is 6.44. The molecule has 1 unspecified atom stereocenters. The number of nitrogens with one attached hydrogen (secondary N) is 1. The maximum absolute atomic E-state index is 13.5. The van der Waals surface area contributed by atoms with Crippen molar-refractivity contribution < 1.29 is 18.8 Å². The van der Waals surface area contributed by atoms with Crippen LogP contribution < -0.4 is 9.64 Å². The van der Waals surface area contributed by atoms with Crippen molar-refractivity contribution >= 4 is 0 Å². The van der Waals surface area contributed by atoms with Crippen LogP contribution in [0.5, 0.6) is 5.75 Å².